The fraction of sp³-hybridized carbons (Fsp3) is 0.714. The van der Waals surface area contributed by atoms with Crippen LogP contribution in [0, 0.1) is 6.92 Å². The van der Waals surface area contributed by atoms with E-state index in [0.29, 0.717) is 0 Å². The Hall–Kier alpha value is -0.420. The minimum atomic E-state index is 0.825. The zero-order chi connectivity index (χ0) is 12.8. The molecule has 1 N–H and O–H groups in total. The van der Waals surface area contributed by atoms with Gasteiger partial charge in [-0.2, -0.15) is 0 Å². The van der Waals surface area contributed by atoms with E-state index in [9.17, 15) is 0 Å². The highest BCUT2D eigenvalue weighted by Crippen LogP contribution is 2.26. The fourth-order valence-corrected chi connectivity index (χ4v) is 3.00. The van der Waals surface area contributed by atoms with Crippen molar-refractivity contribution in [2.75, 3.05) is 33.4 Å². The maximum absolute atomic E-state index is 5.17. The minimum absolute atomic E-state index is 0.825. The quantitative estimate of drug-likeness (QED) is 0.695. The average Bonchev–Trinajstić information content (AvgIpc) is 3.12. The fourth-order valence-electron chi connectivity index (χ4n) is 2.14. The number of hydrogen-bond acceptors (Lipinski definition) is 4. The summed E-state index contributed by atoms with van der Waals surface area (Å²) < 4.78 is 5.17. The number of thiophene rings is 1. The predicted octanol–water partition coefficient (Wildman–Crippen LogP) is 2.26. The van der Waals surface area contributed by atoms with E-state index in [4.69, 9.17) is 4.74 Å². The number of aryl methyl sites for hydroxylation is 1. The summed E-state index contributed by atoms with van der Waals surface area (Å²) in [6.07, 6.45) is 2.74. The maximum Gasteiger partial charge on any atom is 0.0589 e. The molecule has 4 heteroatoms. The van der Waals surface area contributed by atoms with Gasteiger partial charge in [0.15, 0.2) is 0 Å². The van der Waals surface area contributed by atoms with Gasteiger partial charge < -0.3 is 10.1 Å². The van der Waals surface area contributed by atoms with Crippen LogP contribution in [0.5, 0.6) is 0 Å². The van der Waals surface area contributed by atoms with E-state index >= 15 is 0 Å². The summed E-state index contributed by atoms with van der Waals surface area (Å²) in [4.78, 5) is 5.38. The molecule has 18 heavy (non-hydrogen) atoms. The van der Waals surface area contributed by atoms with Crippen LogP contribution >= 0.6 is 11.3 Å². The minimum Gasteiger partial charge on any atom is -0.383 e. The highest BCUT2D eigenvalue weighted by atomic mass is 32.1. The molecule has 0 atom stereocenters. The van der Waals surface area contributed by atoms with E-state index in [0.717, 1.165) is 38.8 Å². The van der Waals surface area contributed by atoms with Crippen LogP contribution in [0.4, 0.5) is 0 Å². The Bertz CT molecular complexity index is 349. The lowest BCUT2D eigenvalue weighted by atomic mass is 10.4. The molecule has 3 nitrogen and oxygen atoms in total. The van der Waals surface area contributed by atoms with Gasteiger partial charge in [-0.3, -0.25) is 4.90 Å². The van der Waals surface area contributed by atoms with Crippen molar-refractivity contribution in [3.05, 3.63) is 21.9 Å². The third-order valence-electron chi connectivity index (χ3n) is 3.32. The molecule has 0 radical (unpaired) electrons. The summed E-state index contributed by atoms with van der Waals surface area (Å²) in [5.41, 5.74) is 0. The molecule has 2 rings (SSSR count). The van der Waals surface area contributed by atoms with Crippen LogP contribution in [0.3, 0.4) is 0 Å². The van der Waals surface area contributed by atoms with Crippen molar-refractivity contribution < 1.29 is 4.74 Å². The van der Waals surface area contributed by atoms with Gasteiger partial charge in [-0.05, 0) is 31.9 Å². The molecule has 0 aliphatic heterocycles. The molecule has 1 heterocycles. The Morgan fingerprint density at radius 2 is 2.22 bits per heavy atom. The number of methoxy groups -OCH3 is 1. The molecular formula is C14H24N2OS. The van der Waals surface area contributed by atoms with Crippen molar-refractivity contribution in [3.63, 3.8) is 0 Å². The van der Waals surface area contributed by atoms with Gasteiger partial charge in [-0.25, -0.2) is 0 Å². The first-order valence-electron chi connectivity index (χ1n) is 6.78. The number of nitrogens with one attached hydrogen (secondary N) is 1. The summed E-state index contributed by atoms with van der Waals surface area (Å²) in [5, 5.41) is 3.53. The summed E-state index contributed by atoms with van der Waals surface area (Å²) >= 11 is 1.88. The largest absolute Gasteiger partial charge is 0.383 e. The summed E-state index contributed by atoms with van der Waals surface area (Å²) in [5.74, 6) is 0. The summed E-state index contributed by atoms with van der Waals surface area (Å²) in [6, 6.07) is 5.24. The smallest absolute Gasteiger partial charge is 0.0589 e. The zero-order valence-electron chi connectivity index (χ0n) is 11.4. The van der Waals surface area contributed by atoms with Crippen molar-refractivity contribution in [1.82, 2.24) is 10.2 Å². The molecule has 1 aliphatic rings. The van der Waals surface area contributed by atoms with Crippen LogP contribution in [0.25, 0.3) is 0 Å². The Labute approximate surface area is 114 Å². The van der Waals surface area contributed by atoms with Crippen LogP contribution in [-0.2, 0) is 11.3 Å². The molecule has 1 fully saturated rings. The lowest BCUT2D eigenvalue weighted by Gasteiger charge is -2.21. The predicted molar refractivity (Wildman–Crippen MR) is 77.2 cm³/mol. The van der Waals surface area contributed by atoms with Crippen LogP contribution < -0.4 is 5.32 Å². The Morgan fingerprint density at radius 1 is 1.39 bits per heavy atom. The second kappa shape index (κ2) is 7.24. The van der Waals surface area contributed by atoms with Crippen LogP contribution in [0.15, 0.2) is 12.1 Å². The summed E-state index contributed by atoms with van der Waals surface area (Å²) in [6.45, 7) is 7.28. The van der Waals surface area contributed by atoms with Crippen molar-refractivity contribution in [1.29, 1.82) is 0 Å². The molecular weight excluding hydrogens is 244 g/mol. The van der Waals surface area contributed by atoms with Gasteiger partial charge in [0.05, 0.1) is 6.61 Å². The van der Waals surface area contributed by atoms with E-state index in [-0.39, 0.29) is 0 Å². The Kier molecular flexibility index (Phi) is 5.63. The van der Waals surface area contributed by atoms with Crippen molar-refractivity contribution >= 4 is 11.3 Å². The maximum atomic E-state index is 5.17. The first kappa shape index (κ1) is 14.0. The van der Waals surface area contributed by atoms with E-state index < -0.39 is 0 Å². The normalized spacial score (nSPS) is 15.5. The molecule has 1 aromatic heterocycles. The second-order valence-electron chi connectivity index (χ2n) is 4.95. The lowest BCUT2D eigenvalue weighted by Crippen LogP contribution is -2.35. The highest BCUT2D eigenvalue weighted by Gasteiger charge is 2.27. The monoisotopic (exact) mass is 268 g/mol. The molecule has 1 saturated carbocycles. The Balaban J connectivity index is 1.60. The van der Waals surface area contributed by atoms with E-state index in [2.05, 4.69) is 29.3 Å². The second-order valence-corrected chi connectivity index (χ2v) is 6.32. The standard InChI is InChI=1S/C14H24N2OS/c1-12-3-6-14(18-12)11-15-7-8-16(9-10-17-2)13-4-5-13/h3,6,13,15H,4-5,7-11H2,1-2H3. The van der Waals surface area contributed by atoms with Gasteiger partial charge in [-0.15, -0.1) is 11.3 Å². The molecule has 0 amide bonds. The first-order chi connectivity index (χ1) is 8.79. The van der Waals surface area contributed by atoms with Crippen LogP contribution in [-0.4, -0.2) is 44.3 Å². The van der Waals surface area contributed by atoms with Gasteiger partial charge in [-0.1, -0.05) is 0 Å². The van der Waals surface area contributed by atoms with Gasteiger partial charge in [0.1, 0.15) is 0 Å². The zero-order valence-corrected chi connectivity index (χ0v) is 12.3. The van der Waals surface area contributed by atoms with Crippen LogP contribution in [0.2, 0.25) is 0 Å². The molecule has 0 bridgehead atoms. The average molecular weight is 268 g/mol. The molecule has 102 valence electrons. The summed E-state index contributed by atoms with van der Waals surface area (Å²) in [7, 11) is 1.78. The van der Waals surface area contributed by atoms with Crippen molar-refractivity contribution in [3.8, 4) is 0 Å². The number of rotatable bonds is 9. The molecule has 1 aliphatic carbocycles. The topological polar surface area (TPSA) is 24.5 Å². The number of hydrogen-bond donors (Lipinski definition) is 1. The third-order valence-corrected chi connectivity index (χ3v) is 4.32. The van der Waals surface area contributed by atoms with Crippen molar-refractivity contribution in [2.45, 2.75) is 32.4 Å². The van der Waals surface area contributed by atoms with Gasteiger partial charge in [0, 0.05) is 49.1 Å². The van der Waals surface area contributed by atoms with Gasteiger partial charge >= 0.3 is 0 Å². The first-order valence-corrected chi connectivity index (χ1v) is 7.60. The van der Waals surface area contributed by atoms with E-state index in [1.165, 1.54) is 22.6 Å². The number of ether oxygens (including phenoxy) is 1. The SMILES string of the molecule is COCCN(CCNCc1ccc(C)s1)C1CC1. The molecule has 0 unspecified atom stereocenters. The van der Waals surface area contributed by atoms with Crippen LogP contribution in [0.1, 0.15) is 22.6 Å². The number of nitrogens with zero attached hydrogens (tertiary/aromatic N) is 1. The van der Waals surface area contributed by atoms with E-state index in [1.807, 2.05) is 11.3 Å². The van der Waals surface area contributed by atoms with Gasteiger partial charge in [0.25, 0.3) is 0 Å². The Morgan fingerprint density at radius 3 is 2.83 bits per heavy atom. The highest BCUT2D eigenvalue weighted by molar-refractivity contribution is 7.11. The third kappa shape index (κ3) is 4.69. The molecule has 1 aromatic rings. The molecule has 0 saturated heterocycles. The van der Waals surface area contributed by atoms with E-state index in [1.54, 1.807) is 7.11 Å². The molecule has 0 aromatic carbocycles. The van der Waals surface area contributed by atoms with Gasteiger partial charge in [0.2, 0.25) is 0 Å². The lowest BCUT2D eigenvalue weighted by molar-refractivity contribution is 0.144. The molecule has 0 spiro atoms. The van der Waals surface area contributed by atoms with Crippen molar-refractivity contribution in [2.24, 2.45) is 0 Å².